The molecule has 8 heteroatoms. The molecule has 7 nitrogen and oxygen atoms in total. The van der Waals surface area contributed by atoms with Gasteiger partial charge in [-0.05, 0) is 17.7 Å². The highest BCUT2D eigenvalue weighted by atomic mass is 19.1. The summed E-state index contributed by atoms with van der Waals surface area (Å²) in [5, 5.41) is 9.37. The van der Waals surface area contributed by atoms with E-state index < -0.39 is 0 Å². The Bertz CT molecular complexity index is 669. The standard InChI is InChI=1S/C15H18FN5O2/c16-12-3-1-2-11(8-12)9-13-17-15(20-19-13)18-14(22)10-21-4-6-23-7-5-21/h1-3,8H,4-7,9-10H2,(H2,17,18,19,20,22). The summed E-state index contributed by atoms with van der Waals surface area (Å²) >= 11 is 0. The minimum Gasteiger partial charge on any atom is -0.379 e. The van der Waals surface area contributed by atoms with Gasteiger partial charge in [-0.25, -0.2) is 4.39 Å². The second-order valence-electron chi connectivity index (χ2n) is 5.35. The van der Waals surface area contributed by atoms with Crippen molar-refractivity contribution in [3.8, 4) is 0 Å². The molecule has 0 saturated carbocycles. The van der Waals surface area contributed by atoms with Crippen LogP contribution in [0.2, 0.25) is 0 Å². The van der Waals surface area contributed by atoms with Crippen LogP contribution in [-0.4, -0.2) is 58.8 Å². The Hall–Kier alpha value is -2.32. The van der Waals surface area contributed by atoms with Gasteiger partial charge in [0.1, 0.15) is 11.6 Å². The number of nitrogens with one attached hydrogen (secondary N) is 2. The molecule has 2 heterocycles. The lowest BCUT2D eigenvalue weighted by Gasteiger charge is -2.25. The SMILES string of the molecule is O=C(CN1CCOCC1)Nc1n[nH]c(Cc2cccc(F)c2)n1. The fraction of sp³-hybridized carbons (Fsp3) is 0.400. The number of aromatic nitrogens is 3. The number of H-pyrrole nitrogens is 1. The number of benzene rings is 1. The average molecular weight is 319 g/mol. The fourth-order valence-electron chi connectivity index (χ4n) is 2.40. The van der Waals surface area contributed by atoms with Crippen LogP contribution < -0.4 is 5.32 Å². The largest absolute Gasteiger partial charge is 0.379 e. The van der Waals surface area contributed by atoms with E-state index in [1.54, 1.807) is 6.07 Å². The van der Waals surface area contributed by atoms with Crippen LogP contribution in [0.1, 0.15) is 11.4 Å². The van der Waals surface area contributed by atoms with Crippen molar-refractivity contribution in [3.05, 3.63) is 41.5 Å². The summed E-state index contributed by atoms with van der Waals surface area (Å²) in [4.78, 5) is 18.2. The first-order valence-corrected chi connectivity index (χ1v) is 7.45. The molecular formula is C15H18FN5O2. The van der Waals surface area contributed by atoms with Gasteiger partial charge in [0.2, 0.25) is 11.9 Å². The molecule has 0 radical (unpaired) electrons. The molecule has 0 atom stereocenters. The van der Waals surface area contributed by atoms with Crippen molar-refractivity contribution in [3.63, 3.8) is 0 Å². The van der Waals surface area contributed by atoms with Crippen molar-refractivity contribution in [1.29, 1.82) is 0 Å². The second-order valence-corrected chi connectivity index (χ2v) is 5.35. The molecule has 0 unspecified atom stereocenters. The van der Waals surface area contributed by atoms with E-state index in [0.717, 1.165) is 18.7 Å². The number of aromatic amines is 1. The maximum absolute atomic E-state index is 13.2. The lowest BCUT2D eigenvalue weighted by atomic mass is 10.1. The van der Waals surface area contributed by atoms with Gasteiger partial charge < -0.3 is 4.74 Å². The molecule has 2 N–H and O–H groups in total. The highest BCUT2D eigenvalue weighted by Crippen LogP contribution is 2.09. The smallest absolute Gasteiger partial charge is 0.248 e. The van der Waals surface area contributed by atoms with Gasteiger partial charge in [-0.3, -0.25) is 20.1 Å². The maximum atomic E-state index is 13.2. The van der Waals surface area contributed by atoms with Gasteiger partial charge in [0, 0.05) is 19.5 Å². The zero-order valence-electron chi connectivity index (χ0n) is 12.6. The number of halogens is 1. The van der Waals surface area contributed by atoms with Crippen LogP contribution >= 0.6 is 0 Å². The van der Waals surface area contributed by atoms with Crippen molar-refractivity contribution in [2.75, 3.05) is 38.2 Å². The number of carbonyl (C=O) groups excluding carboxylic acids is 1. The topological polar surface area (TPSA) is 83.1 Å². The van der Waals surface area contributed by atoms with E-state index >= 15 is 0 Å². The molecule has 0 spiro atoms. The Kier molecular flexibility index (Phi) is 4.94. The summed E-state index contributed by atoms with van der Waals surface area (Å²) < 4.78 is 18.4. The van der Waals surface area contributed by atoms with Crippen LogP contribution in [0, 0.1) is 5.82 Å². The first-order valence-electron chi connectivity index (χ1n) is 7.45. The van der Waals surface area contributed by atoms with E-state index in [-0.39, 0.29) is 24.2 Å². The van der Waals surface area contributed by atoms with Gasteiger partial charge in [-0.15, -0.1) is 5.10 Å². The predicted octanol–water partition coefficient (Wildman–Crippen LogP) is 0.805. The number of anilines is 1. The normalized spacial score (nSPS) is 15.5. The number of ether oxygens (including phenoxy) is 1. The number of hydrogen-bond donors (Lipinski definition) is 2. The molecule has 3 rings (SSSR count). The minimum atomic E-state index is -0.291. The predicted molar refractivity (Wildman–Crippen MR) is 81.5 cm³/mol. The van der Waals surface area contributed by atoms with Gasteiger partial charge in [0.25, 0.3) is 0 Å². The van der Waals surface area contributed by atoms with E-state index in [1.807, 2.05) is 11.0 Å². The van der Waals surface area contributed by atoms with Crippen molar-refractivity contribution < 1.29 is 13.9 Å². The van der Waals surface area contributed by atoms with Crippen LogP contribution in [0.25, 0.3) is 0 Å². The highest BCUT2D eigenvalue weighted by molar-refractivity contribution is 5.90. The molecule has 0 bridgehead atoms. The lowest BCUT2D eigenvalue weighted by molar-refractivity contribution is -0.118. The first-order chi connectivity index (χ1) is 11.2. The van der Waals surface area contributed by atoms with Gasteiger partial charge in [-0.2, -0.15) is 4.98 Å². The Morgan fingerprint density at radius 2 is 2.22 bits per heavy atom. The average Bonchev–Trinajstić information content (AvgIpc) is 2.95. The Morgan fingerprint density at radius 1 is 1.39 bits per heavy atom. The zero-order chi connectivity index (χ0) is 16.1. The van der Waals surface area contributed by atoms with Crippen LogP contribution in [0.4, 0.5) is 10.3 Å². The highest BCUT2D eigenvalue weighted by Gasteiger charge is 2.15. The Labute approximate surface area is 132 Å². The number of carbonyl (C=O) groups is 1. The quantitative estimate of drug-likeness (QED) is 0.852. The van der Waals surface area contributed by atoms with Crippen LogP contribution in [0.15, 0.2) is 24.3 Å². The van der Waals surface area contributed by atoms with Crippen molar-refractivity contribution in [2.45, 2.75) is 6.42 Å². The summed E-state index contributed by atoms with van der Waals surface area (Å²) in [6, 6.07) is 6.29. The molecule has 1 aliphatic rings. The van der Waals surface area contributed by atoms with Gasteiger partial charge in [0.15, 0.2) is 0 Å². The first kappa shape index (κ1) is 15.6. The summed E-state index contributed by atoms with van der Waals surface area (Å²) in [5.41, 5.74) is 0.785. The molecule has 122 valence electrons. The molecule has 1 saturated heterocycles. The summed E-state index contributed by atoms with van der Waals surface area (Å²) in [6.45, 7) is 3.06. The fourth-order valence-corrected chi connectivity index (χ4v) is 2.40. The number of hydrogen-bond acceptors (Lipinski definition) is 5. The van der Waals surface area contributed by atoms with Crippen molar-refractivity contribution in [2.24, 2.45) is 0 Å². The molecular weight excluding hydrogens is 301 g/mol. The number of nitrogens with zero attached hydrogens (tertiary/aromatic N) is 3. The monoisotopic (exact) mass is 319 g/mol. The number of amides is 1. The zero-order valence-corrected chi connectivity index (χ0v) is 12.6. The third kappa shape index (κ3) is 4.57. The maximum Gasteiger partial charge on any atom is 0.248 e. The van der Waals surface area contributed by atoms with E-state index in [4.69, 9.17) is 4.74 Å². The Balaban J connectivity index is 1.53. The molecule has 2 aromatic rings. The van der Waals surface area contributed by atoms with E-state index in [9.17, 15) is 9.18 Å². The molecule has 0 aliphatic carbocycles. The van der Waals surface area contributed by atoms with Gasteiger partial charge in [0.05, 0.1) is 19.8 Å². The van der Waals surface area contributed by atoms with E-state index in [2.05, 4.69) is 20.5 Å². The third-order valence-corrected chi connectivity index (χ3v) is 3.51. The van der Waals surface area contributed by atoms with Gasteiger partial charge in [-0.1, -0.05) is 12.1 Å². The number of rotatable bonds is 5. The second kappa shape index (κ2) is 7.30. The van der Waals surface area contributed by atoms with E-state index in [1.165, 1.54) is 12.1 Å². The molecule has 1 aromatic heterocycles. The van der Waals surface area contributed by atoms with Crippen LogP contribution in [0.5, 0.6) is 0 Å². The molecule has 1 aliphatic heterocycles. The Morgan fingerprint density at radius 3 is 3.00 bits per heavy atom. The van der Waals surface area contributed by atoms with Crippen molar-refractivity contribution in [1.82, 2.24) is 20.1 Å². The number of morpholine rings is 1. The molecule has 1 aromatic carbocycles. The summed E-state index contributed by atoms with van der Waals surface area (Å²) in [6.07, 6.45) is 0.421. The minimum absolute atomic E-state index is 0.164. The molecule has 1 fully saturated rings. The van der Waals surface area contributed by atoms with E-state index in [0.29, 0.717) is 25.5 Å². The van der Waals surface area contributed by atoms with Crippen LogP contribution in [0.3, 0.4) is 0 Å². The van der Waals surface area contributed by atoms with Gasteiger partial charge >= 0.3 is 0 Å². The molecule has 1 amide bonds. The summed E-state index contributed by atoms with van der Waals surface area (Å²) in [7, 11) is 0. The third-order valence-electron chi connectivity index (χ3n) is 3.51. The summed E-state index contributed by atoms with van der Waals surface area (Å²) in [5.74, 6) is 0.344. The lowest BCUT2D eigenvalue weighted by Crippen LogP contribution is -2.41. The van der Waals surface area contributed by atoms with Crippen LogP contribution in [-0.2, 0) is 16.0 Å². The van der Waals surface area contributed by atoms with Crippen molar-refractivity contribution >= 4 is 11.9 Å². The molecule has 23 heavy (non-hydrogen) atoms.